The number of hydrogen-bond acceptors (Lipinski definition) is 2. The predicted molar refractivity (Wildman–Crippen MR) is 76.6 cm³/mol. The molecular formula is C15H20ClNO. The van der Waals surface area contributed by atoms with Gasteiger partial charge in [0.05, 0.1) is 5.02 Å². The van der Waals surface area contributed by atoms with Crippen LogP contribution in [0.1, 0.15) is 31.2 Å². The number of halogens is 1. The summed E-state index contributed by atoms with van der Waals surface area (Å²) in [6.07, 6.45) is 2.29. The van der Waals surface area contributed by atoms with Crippen molar-refractivity contribution in [1.82, 2.24) is 5.32 Å². The molecule has 1 heterocycles. The molecule has 1 saturated heterocycles. The summed E-state index contributed by atoms with van der Waals surface area (Å²) in [4.78, 5) is 0. The second-order valence-electron chi connectivity index (χ2n) is 4.93. The Hall–Kier alpha value is -0.990. The first-order valence-electron chi connectivity index (χ1n) is 6.45. The Morgan fingerprint density at radius 1 is 1.44 bits per heavy atom. The summed E-state index contributed by atoms with van der Waals surface area (Å²) in [6.45, 7) is 8.44. The summed E-state index contributed by atoms with van der Waals surface area (Å²) in [7, 11) is 0. The SMILES string of the molecule is C=C(C)COc1cccc(C2CCNCC2)c1Cl. The number of ether oxygens (including phenoxy) is 1. The molecule has 1 aromatic carbocycles. The second kappa shape index (κ2) is 6.26. The monoisotopic (exact) mass is 265 g/mol. The molecule has 1 aromatic rings. The number of rotatable bonds is 4. The van der Waals surface area contributed by atoms with Crippen LogP contribution >= 0.6 is 11.6 Å². The Labute approximate surface area is 114 Å². The van der Waals surface area contributed by atoms with Gasteiger partial charge in [0.2, 0.25) is 0 Å². The zero-order valence-electron chi connectivity index (χ0n) is 10.8. The fourth-order valence-electron chi connectivity index (χ4n) is 2.29. The van der Waals surface area contributed by atoms with Crippen LogP contribution in [-0.4, -0.2) is 19.7 Å². The van der Waals surface area contributed by atoms with Crippen LogP contribution in [0.5, 0.6) is 5.75 Å². The number of piperidine rings is 1. The van der Waals surface area contributed by atoms with Crippen molar-refractivity contribution < 1.29 is 4.74 Å². The van der Waals surface area contributed by atoms with Crippen LogP contribution in [0.2, 0.25) is 5.02 Å². The predicted octanol–water partition coefficient (Wildman–Crippen LogP) is 3.76. The van der Waals surface area contributed by atoms with Gasteiger partial charge in [-0.1, -0.05) is 30.3 Å². The van der Waals surface area contributed by atoms with E-state index in [-0.39, 0.29) is 0 Å². The molecule has 0 saturated carbocycles. The van der Waals surface area contributed by atoms with E-state index in [4.69, 9.17) is 16.3 Å². The molecule has 2 rings (SSSR count). The van der Waals surface area contributed by atoms with Crippen LogP contribution in [0.15, 0.2) is 30.4 Å². The largest absolute Gasteiger partial charge is 0.488 e. The van der Waals surface area contributed by atoms with Crippen molar-refractivity contribution in [3.05, 3.63) is 40.9 Å². The van der Waals surface area contributed by atoms with Crippen molar-refractivity contribution in [2.75, 3.05) is 19.7 Å². The maximum absolute atomic E-state index is 6.45. The normalized spacial score (nSPS) is 16.6. The summed E-state index contributed by atoms with van der Waals surface area (Å²) in [5.74, 6) is 1.32. The van der Waals surface area contributed by atoms with Crippen LogP contribution < -0.4 is 10.1 Å². The minimum Gasteiger partial charge on any atom is -0.488 e. The molecule has 0 aliphatic carbocycles. The topological polar surface area (TPSA) is 21.3 Å². The molecule has 0 atom stereocenters. The Balaban J connectivity index is 2.15. The highest BCUT2D eigenvalue weighted by molar-refractivity contribution is 6.32. The van der Waals surface area contributed by atoms with Crippen LogP contribution in [0.4, 0.5) is 0 Å². The molecule has 2 nitrogen and oxygen atoms in total. The number of nitrogens with one attached hydrogen (secondary N) is 1. The fraction of sp³-hybridized carbons (Fsp3) is 0.467. The molecule has 0 aromatic heterocycles. The number of hydrogen-bond donors (Lipinski definition) is 1. The lowest BCUT2D eigenvalue weighted by Crippen LogP contribution is -2.26. The average molecular weight is 266 g/mol. The van der Waals surface area contributed by atoms with Gasteiger partial charge in [0.25, 0.3) is 0 Å². The second-order valence-corrected chi connectivity index (χ2v) is 5.31. The standard InChI is InChI=1S/C15H20ClNO/c1-11(2)10-18-14-5-3-4-13(15(14)16)12-6-8-17-9-7-12/h3-5,12,17H,1,6-10H2,2H3. The van der Waals surface area contributed by atoms with E-state index >= 15 is 0 Å². The van der Waals surface area contributed by atoms with Gasteiger partial charge in [0.15, 0.2) is 0 Å². The van der Waals surface area contributed by atoms with Crippen molar-refractivity contribution in [3.63, 3.8) is 0 Å². The van der Waals surface area contributed by atoms with Gasteiger partial charge in [-0.2, -0.15) is 0 Å². The third-order valence-electron chi connectivity index (χ3n) is 3.25. The maximum atomic E-state index is 6.45. The van der Waals surface area contributed by atoms with Crippen LogP contribution in [-0.2, 0) is 0 Å². The van der Waals surface area contributed by atoms with E-state index in [1.54, 1.807) is 0 Å². The lowest BCUT2D eigenvalue weighted by molar-refractivity contribution is 0.351. The molecular weight excluding hydrogens is 246 g/mol. The van der Waals surface area contributed by atoms with Gasteiger partial charge < -0.3 is 10.1 Å². The lowest BCUT2D eigenvalue weighted by atomic mass is 9.90. The molecule has 1 N–H and O–H groups in total. The van der Waals surface area contributed by atoms with E-state index in [9.17, 15) is 0 Å². The van der Waals surface area contributed by atoms with Crippen molar-refractivity contribution >= 4 is 11.6 Å². The first kappa shape index (κ1) is 13.4. The fourth-order valence-corrected chi connectivity index (χ4v) is 2.62. The van der Waals surface area contributed by atoms with Crippen molar-refractivity contribution in [1.29, 1.82) is 0 Å². The van der Waals surface area contributed by atoms with Gasteiger partial charge in [-0.25, -0.2) is 0 Å². The number of benzene rings is 1. The molecule has 0 bridgehead atoms. The van der Waals surface area contributed by atoms with E-state index in [0.29, 0.717) is 12.5 Å². The summed E-state index contributed by atoms with van der Waals surface area (Å²) in [5.41, 5.74) is 2.22. The van der Waals surface area contributed by atoms with E-state index < -0.39 is 0 Å². The summed E-state index contributed by atoms with van der Waals surface area (Å²) in [5, 5.41) is 4.14. The molecule has 0 radical (unpaired) electrons. The Kier molecular flexibility index (Phi) is 4.67. The highest BCUT2D eigenvalue weighted by Crippen LogP contribution is 2.36. The molecule has 0 unspecified atom stereocenters. The van der Waals surface area contributed by atoms with E-state index in [1.807, 2.05) is 19.1 Å². The van der Waals surface area contributed by atoms with Gasteiger partial charge in [-0.3, -0.25) is 0 Å². The van der Waals surface area contributed by atoms with Crippen LogP contribution in [0, 0.1) is 0 Å². The van der Waals surface area contributed by atoms with Gasteiger partial charge in [-0.05, 0) is 56.0 Å². The van der Waals surface area contributed by atoms with E-state index in [1.165, 1.54) is 5.56 Å². The molecule has 1 aliphatic heterocycles. The Morgan fingerprint density at radius 2 is 2.17 bits per heavy atom. The zero-order chi connectivity index (χ0) is 13.0. The summed E-state index contributed by atoms with van der Waals surface area (Å²) < 4.78 is 5.68. The smallest absolute Gasteiger partial charge is 0.138 e. The maximum Gasteiger partial charge on any atom is 0.138 e. The molecule has 1 fully saturated rings. The first-order chi connectivity index (χ1) is 8.68. The summed E-state index contributed by atoms with van der Waals surface area (Å²) in [6, 6.07) is 6.07. The molecule has 1 aliphatic rings. The highest BCUT2D eigenvalue weighted by atomic mass is 35.5. The Morgan fingerprint density at radius 3 is 2.83 bits per heavy atom. The average Bonchev–Trinajstić information content (AvgIpc) is 2.38. The third kappa shape index (κ3) is 3.27. The third-order valence-corrected chi connectivity index (χ3v) is 3.65. The van der Waals surface area contributed by atoms with Gasteiger partial charge in [-0.15, -0.1) is 0 Å². The van der Waals surface area contributed by atoms with Gasteiger partial charge in [0, 0.05) is 0 Å². The quantitative estimate of drug-likeness (QED) is 0.837. The van der Waals surface area contributed by atoms with Crippen molar-refractivity contribution in [2.24, 2.45) is 0 Å². The Bertz CT molecular complexity index is 425. The van der Waals surface area contributed by atoms with Crippen LogP contribution in [0.3, 0.4) is 0 Å². The summed E-state index contributed by atoms with van der Waals surface area (Å²) >= 11 is 6.45. The molecule has 98 valence electrons. The molecule has 0 amide bonds. The van der Waals surface area contributed by atoms with Crippen molar-refractivity contribution in [3.8, 4) is 5.75 Å². The minimum atomic E-state index is 0.523. The van der Waals surface area contributed by atoms with Gasteiger partial charge in [0.1, 0.15) is 12.4 Å². The van der Waals surface area contributed by atoms with E-state index in [2.05, 4.69) is 18.0 Å². The molecule has 18 heavy (non-hydrogen) atoms. The molecule has 3 heteroatoms. The zero-order valence-corrected chi connectivity index (χ0v) is 11.6. The lowest BCUT2D eigenvalue weighted by Gasteiger charge is -2.24. The minimum absolute atomic E-state index is 0.523. The van der Waals surface area contributed by atoms with Gasteiger partial charge >= 0.3 is 0 Å². The highest BCUT2D eigenvalue weighted by Gasteiger charge is 2.19. The first-order valence-corrected chi connectivity index (χ1v) is 6.82. The van der Waals surface area contributed by atoms with Crippen molar-refractivity contribution in [2.45, 2.75) is 25.7 Å². The van der Waals surface area contributed by atoms with Crippen LogP contribution in [0.25, 0.3) is 0 Å². The van der Waals surface area contributed by atoms with E-state index in [0.717, 1.165) is 42.3 Å². The molecule has 0 spiro atoms.